The minimum absolute atomic E-state index is 0.154. The van der Waals surface area contributed by atoms with Crippen LogP contribution in [0.3, 0.4) is 0 Å². The van der Waals surface area contributed by atoms with E-state index in [0.29, 0.717) is 18.5 Å². The van der Waals surface area contributed by atoms with Crippen molar-refractivity contribution in [3.05, 3.63) is 90.1 Å². The molecule has 0 bridgehead atoms. The van der Waals surface area contributed by atoms with Gasteiger partial charge in [-0.15, -0.1) is 0 Å². The van der Waals surface area contributed by atoms with E-state index < -0.39 is 6.04 Å². The summed E-state index contributed by atoms with van der Waals surface area (Å²) >= 11 is 0. The number of furan rings is 1. The van der Waals surface area contributed by atoms with E-state index in [1.807, 2.05) is 36.4 Å². The third-order valence-electron chi connectivity index (χ3n) is 5.74. The molecule has 0 unspecified atom stereocenters. The fourth-order valence-corrected chi connectivity index (χ4v) is 4.14. The second-order valence-corrected chi connectivity index (χ2v) is 7.89. The van der Waals surface area contributed by atoms with E-state index in [4.69, 9.17) is 4.42 Å². The van der Waals surface area contributed by atoms with Crippen molar-refractivity contribution < 1.29 is 14.0 Å². The number of pyridine rings is 1. The highest BCUT2D eigenvalue weighted by atomic mass is 16.3. The van der Waals surface area contributed by atoms with Gasteiger partial charge >= 0.3 is 0 Å². The monoisotopic (exact) mass is 417 g/mol. The van der Waals surface area contributed by atoms with Crippen LogP contribution in [-0.2, 0) is 11.2 Å². The predicted molar refractivity (Wildman–Crippen MR) is 117 cm³/mol. The van der Waals surface area contributed by atoms with Gasteiger partial charge in [-0.25, -0.2) is 0 Å². The lowest BCUT2D eigenvalue weighted by Crippen LogP contribution is -2.46. The quantitative estimate of drug-likeness (QED) is 0.597. The summed E-state index contributed by atoms with van der Waals surface area (Å²) in [4.78, 5) is 32.7. The van der Waals surface area contributed by atoms with Crippen molar-refractivity contribution in [2.75, 3.05) is 6.54 Å². The summed E-state index contributed by atoms with van der Waals surface area (Å²) in [5, 5.41) is 3.17. The molecule has 1 aliphatic carbocycles. The average molecular weight is 418 g/mol. The summed E-state index contributed by atoms with van der Waals surface area (Å²) in [5.41, 5.74) is 1.78. The molecule has 160 valence electrons. The van der Waals surface area contributed by atoms with E-state index in [-0.39, 0.29) is 23.6 Å². The molecule has 31 heavy (non-hydrogen) atoms. The molecule has 2 heterocycles. The van der Waals surface area contributed by atoms with Crippen molar-refractivity contribution in [2.24, 2.45) is 0 Å². The highest BCUT2D eigenvalue weighted by Gasteiger charge is 2.34. The molecule has 3 aromatic rings. The van der Waals surface area contributed by atoms with Gasteiger partial charge in [-0.1, -0.05) is 49.2 Å². The third-order valence-corrected chi connectivity index (χ3v) is 5.74. The van der Waals surface area contributed by atoms with Gasteiger partial charge < -0.3 is 14.6 Å². The first-order valence-electron chi connectivity index (χ1n) is 10.8. The maximum Gasteiger partial charge on any atom is 0.290 e. The molecule has 1 N–H and O–H groups in total. The standard InChI is InChI=1S/C25H27N3O3/c29-24(27-21-11-4-5-12-21)23(20-10-6-15-26-18-20)28(25(30)22-13-7-17-31-22)16-14-19-8-2-1-3-9-19/h1-3,6-10,13,15,17-18,21,23H,4-5,11-12,14,16H2,(H,27,29)/t23-/m0/s1. The number of benzene rings is 1. The highest BCUT2D eigenvalue weighted by molar-refractivity contribution is 5.96. The molecular weight excluding hydrogens is 390 g/mol. The van der Waals surface area contributed by atoms with Gasteiger partial charge in [0.25, 0.3) is 5.91 Å². The molecule has 4 rings (SSSR count). The smallest absolute Gasteiger partial charge is 0.290 e. The Morgan fingerprint density at radius 2 is 1.87 bits per heavy atom. The highest BCUT2D eigenvalue weighted by Crippen LogP contribution is 2.26. The zero-order valence-corrected chi connectivity index (χ0v) is 17.4. The molecule has 1 aromatic carbocycles. The van der Waals surface area contributed by atoms with Crippen LogP contribution in [0.4, 0.5) is 0 Å². The fourth-order valence-electron chi connectivity index (χ4n) is 4.14. The molecule has 1 saturated carbocycles. The van der Waals surface area contributed by atoms with Crippen LogP contribution in [0.1, 0.15) is 53.4 Å². The van der Waals surface area contributed by atoms with E-state index in [2.05, 4.69) is 10.3 Å². The van der Waals surface area contributed by atoms with Gasteiger partial charge in [-0.2, -0.15) is 0 Å². The Balaban J connectivity index is 1.65. The summed E-state index contributed by atoms with van der Waals surface area (Å²) in [6, 6.07) is 16.3. The van der Waals surface area contributed by atoms with Gasteiger partial charge in [0.15, 0.2) is 5.76 Å². The first-order valence-corrected chi connectivity index (χ1v) is 10.8. The second kappa shape index (κ2) is 10.1. The first-order chi connectivity index (χ1) is 15.2. The zero-order chi connectivity index (χ0) is 21.5. The number of hydrogen-bond donors (Lipinski definition) is 1. The number of rotatable bonds is 8. The molecular formula is C25H27N3O3. The van der Waals surface area contributed by atoms with E-state index in [9.17, 15) is 9.59 Å². The van der Waals surface area contributed by atoms with Crippen molar-refractivity contribution in [3.63, 3.8) is 0 Å². The molecule has 2 amide bonds. The van der Waals surface area contributed by atoms with Crippen LogP contribution in [0.5, 0.6) is 0 Å². The van der Waals surface area contributed by atoms with Crippen molar-refractivity contribution in [1.82, 2.24) is 15.2 Å². The second-order valence-electron chi connectivity index (χ2n) is 7.89. The molecule has 6 nitrogen and oxygen atoms in total. The average Bonchev–Trinajstić information content (AvgIpc) is 3.52. The molecule has 1 fully saturated rings. The number of carbonyl (C=O) groups excluding carboxylic acids is 2. The predicted octanol–water partition coefficient (Wildman–Crippen LogP) is 4.16. The number of amides is 2. The van der Waals surface area contributed by atoms with Crippen LogP contribution in [0.2, 0.25) is 0 Å². The van der Waals surface area contributed by atoms with Gasteiger partial charge in [-0.05, 0) is 43.0 Å². The Morgan fingerprint density at radius 1 is 1.06 bits per heavy atom. The molecule has 1 aliphatic rings. The SMILES string of the molecule is O=C(NC1CCCC1)[C@H](c1cccnc1)N(CCc1ccccc1)C(=O)c1ccco1. The number of nitrogens with zero attached hydrogens (tertiary/aromatic N) is 2. The Hall–Kier alpha value is -3.41. The maximum atomic E-state index is 13.5. The van der Waals surface area contributed by atoms with E-state index in [0.717, 1.165) is 31.2 Å². The number of hydrogen-bond acceptors (Lipinski definition) is 4. The van der Waals surface area contributed by atoms with Crippen molar-refractivity contribution in [2.45, 2.75) is 44.2 Å². The molecule has 2 aromatic heterocycles. The number of carbonyl (C=O) groups is 2. The lowest BCUT2D eigenvalue weighted by molar-refractivity contribution is -0.126. The van der Waals surface area contributed by atoms with E-state index in [1.165, 1.54) is 6.26 Å². The molecule has 0 saturated heterocycles. The molecule has 0 radical (unpaired) electrons. The Kier molecular flexibility index (Phi) is 6.77. The lowest BCUT2D eigenvalue weighted by Gasteiger charge is -2.31. The molecule has 0 spiro atoms. The summed E-state index contributed by atoms with van der Waals surface area (Å²) in [6.07, 6.45) is 9.60. The van der Waals surface area contributed by atoms with Crippen LogP contribution in [0.25, 0.3) is 0 Å². The van der Waals surface area contributed by atoms with E-state index in [1.54, 1.807) is 35.5 Å². The fraction of sp³-hybridized carbons (Fsp3) is 0.320. The number of nitrogens with one attached hydrogen (secondary N) is 1. The van der Waals surface area contributed by atoms with Crippen LogP contribution < -0.4 is 5.32 Å². The Labute approximate surface area is 182 Å². The van der Waals surface area contributed by atoms with Gasteiger partial charge in [0.1, 0.15) is 6.04 Å². The van der Waals surface area contributed by atoms with Crippen LogP contribution >= 0.6 is 0 Å². The molecule has 1 atom stereocenters. The summed E-state index contributed by atoms with van der Waals surface area (Å²) in [5.74, 6) is -0.264. The van der Waals surface area contributed by atoms with E-state index >= 15 is 0 Å². The minimum Gasteiger partial charge on any atom is -0.459 e. The van der Waals surface area contributed by atoms with Gasteiger partial charge in [0.2, 0.25) is 5.91 Å². The molecule has 6 heteroatoms. The van der Waals surface area contributed by atoms with Gasteiger partial charge in [0.05, 0.1) is 6.26 Å². The molecule has 0 aliphatic heterocycles. The Bertz CT molecular complexity index is 968. The summed E-state index contributed by atoms with van der Waals surface area (Å²) in [7, 11) is 0. The normalized spacial score (nSPS) is 14.8. The largest absolute Gasteiger partial charge is 0.459 e. The zero-order valence-electron chi connectivity index (χ0n) is 17.4. The van der Waals surface area contributed by atoms with Crippen molar-refractivity contribution in [3.8, 4) is 0 Å². The third kappa shape index (κ3) is 5.20. The lowest BCUT2D eigenvalue weighted by atomic mass is 10.0. The topological polar surface area (TPSA) is 75.4 Å². The number of aromatic nitrogens is 1. The van der Waals surface area contributed by atoms with Crippen molar-refractivity contribution >= 4 is 11.8 Å². The van der Waals surface area contributed by atoms with Gasteiger partial charge in [0, 0.05) is 30.5 Å². The maximum absolute atomic E-state index is 13.5. The van der Waals surface area contributed by atoms with Crippen LogP contribution in [-0.4, -0.2) is 34.3 Å². The van der Waals surface area contributed by atoms with Crippen molar-refractivity contribution in [1.29, 1.82) is 0 Å². The van der Waals surface area contributed by atoms with Crippen LogP contribution in [0.15, 0.2) is 77.7 Å². The first kappa shape index (κ1) is 20.8. The summed E-state index contributed by atoms with van der Waals surface area (Å²) in [6.45, 7) is 0.376. The Morgan fingerprint density at radius 3 is 2.55 bits per heavy atom. The van der Waals surface area contributed by atoms with Gasteiger partial charge in [-0.3, -0.25) is 14.6 Å². The minimum atomic E-state index is -0.782. The van der Waals surface area contributed by atoms with Crippen LogP contribution in [0, 0.1) is 0 Å². The summed E-state index contributed by atoms with van der Waals surface area (Å²) < 4.78 is 5.39.